The van der Waals surface area contributed by atoms with E-state index in [1.165, 1.54) is 32.2 Å². The maximum absolute atomic E-state index is 4.42. The summed E-state index contributed by atoms with van der Waals surface area (Å²) < 4.78 is 2.23. The van der Waals surface area contributed by atoms with Gasteiger partial charge in [0.25, 0.3) is 0 Å². The van der Waals surface area contributed by atoms with Crippen LogP contribution >= 0.6 is 0 Å². The summed E-state index contributed by atoms with van der Waals surface area (Å²) in [5, 5.41) is 3.58. The lowest BCUT2D eigenvalue weighted by atomic mass is 10.1. The summed E-state index contributed by atoms with van der Waals surface area (Å²) in [4.78, 5) is 6.81. The van der Waals surface area contributed by atoms with E-state index in [2.05, 4.69) is 39.9 Å². The van der Waals surface area contributed by atoms with Crippen molar-refractivity contribution in [3.63, 3.8) is 0 Å². The summed E-state index contributed by atoms with van der Waals surface area (Å²) in [7, 11) is 2.19. The van der Waals surface area contributed by atoms with Crippen LogP contribution in [0.25, 0.3) is 0 Å². The molecular formula is C13H24N4. The maximum Gasteiger partial charge on any atom is 0.203 e. The number of rotatable bonds is 5. The molecule has 1 unspecified atom stereocenters. The lowest BCUT2D eigenvalue weighted by Gasteiger charge is -2.30. The monoisotopic (exact) mass is 236 g/mol. The van der Waals surface area contributed by atoms with Gasteiger partial charge in [0.1, 0.15) is 0 Å². The highest BCUT2D eigenvalue weighted by Gasteiger charge is 2.18. The molecule has 1 aliphatic heterocycles. The Hall–Kier alpha value is -1.03. The summed E-state index contributed by atoms with van der Waals surface area (Å²) >= 11 is 0. The molecule has 4 heteroatoms. The van der Waals surface area contributed by atoms with Gasteiger partial charge in [-0.1, -0.05) is 13.3 Å². The summed E-state index contributed by atoms with van der Waals surface area (Å²) in [6.07, 6.45) is 8.95. The van der Waals surface area contributed by atoms with Crippen molar-refractivity contribution in [2.45, 2.75) is 45.2 Å². The summed E-state index contributed by atoms with van der Waals surface area (Å²) in [6.45, 7) is 5.64. The number of hydrogen-bond donors (Lipinski definition) is 1. The van der Waals surface area contributed by atoms with Crippen molar-refractivity contribution in [1.82, 2.24) is 14.5 Å². The van der Waals surface area contributed by atoms with Gasteiger partial charge in [-0.2, -0.15) is 0 Å². The standard InChI is InChI=1S/C13H24N4/c1-3-4-9-17-10-7-14-13(17)15-12-6-5-8-16(2)11-12/h7,10,12H,3-6,8-9,11H2,1-2H3,(H,14,15). The van der Waals surface area contributed by atoms with E-state index >= 15 is 0 Å². The minimum Gasteiger partial charge on any atom is -0.352 e. The van der Waals surface area contributed by atoms with Crippen LogP contribution in [0.15, 0.2) is 12.4 Å². The van der Waals surface area contributed by atoms with Crippen LogP contribution in [-0.4, -0.2) is 40.6 Å². The van der Waals surface area contributed by atoms with E-state index in [0.29, 0.717) is 6.04 Å². The van der Waals surface area contributed by atoms with E-state index in [1.807, 2.05) is 6.20 Å². The number of unbranched alkanes of at least 4 members (excludes halogenated alkanes) is 1. The Labute approximate surface area is 104 Å². The topological polar surface area (TPSA) is 33.1 Å². The van der Waals surface area contributed by atoms with Gasteiger partial charge in [-0.25, -0.2) is 4.98 Å². The van der Waals surface area contributed by atoms with Gasteiger partial charge in [-0.3, -0.25) is 0 Å². The second-order valence-electron chi connectivity index (χ2n) is 5.04. The van der Waals surface area contributed by atoms with Crippen molar-refractivity contribution in [2.75, 3.05) is 25.5 Å². The average Bonchev–Trinajstić information content (AvgIpc) is 2.74. The normalized spacial score (nSPS) is 21.6. The third kappa shape index (κ3) is 3.46. The molecule has 1 saturated heterocycles. The van der Waals surface area contributed by atoms with E-state index < -0.39 is 0 Å². The molecule has 1 fully saturated rings. The predicted molar refractivity (Wildman–Crippen MR) is 71.3 cm³/mol. The second kappa shape index (κ2) is 6.05. The van der Waals surface area contributed by atoms with Gasteiger partial charge in [0.05, 0.1) is 0 Å². The molecule has 0 radical (unpaired) electrons. The van der Waals surface area contributed by atoms with Gasteiger partial charge in [-0.05, 0) is 32.9 Å². The summed E-state index contributed by atoms with van der Waals surface area (Å²) in [6, 6.07) is 0.552. The van der Waals surface area contributed by atoms with Gasteiger partial charge >= 0.3 is 0 Å². The number of hydrogen-bond acceptors (Lipinski definition) is 3. The number of imidazole rings is 1. The molecule has 0 amide bonds. The molecule has 0 spiro atoms. The Morgan fingerprint density at radius 3 is 3.18 bits per heavy atom. The highest BCUT2D eigenvalue weighted by molar-refractivity contribution is 5.28. The van der Waals surface area contributed by atoms with Crippen molar-refractivity contribution in [3.8, 4) is 0 Å². The van der Waals surface area contributed by atoms with Crippen molar-refractivity contribution in [1.29, 1.82) is 0 Å². The molecule has 1 aromatic heterocycles. The Morgan fingerprint density at radius 2 is 2.41 bits per heavy atom. The number of piperidine rings is 1. The Morgan fingerprint density at radius 1 is 1.53 bits per heavy atom. The molecule has 0 bridgehead atoms. The first-order valence-corrected chi connectivity index (χ1v) is 6.76. The molecule has 1 aliphatic rings. The number of likely N-dealkylation sites (N-methyl/N-ethyl adjacent to an activating group) is 1. The first kappa shape index (κ1) is 12.4. The SMILES string of the molecule is CCCCn1ccnc1NC1CCCN(C)C1. The fraction of sp³-hybridized carbons (Fsp3) is 0.769. The molecule has 1 N–H and O–H groups in total. The lowest BCUT2D eigenvalue weighted by molar-refractivity contribution is 0.260. The highest BCUT2D eigenvalue weighted by Crippen LogP contribution is 2.14. The lowest BCUT2D eigenvalue weighted by Crippen LogP contribution is -2.40. The number of nitrogens with one attached hydrogen (secondary N) is 1. The van der Waals surface area contributed by atoms with E-state index in [1.54, 1.807) is 0 Å². The van der Waals surface area contributed by atoms with Crippen LogP contribution in [0.1, 0.15) is 32.6 Å². The molecule has 1 aromatic rings. The van der Waals surface area contributed by atoms with Gasteiger partial charge < -0.3 is 14.8 Å². The zero-order valence-electron chi connectivity index (χ0n) is 11.0. The summed E-state index contributed by atoms with van der Waals surface area (Å²) in [5.74, 6) is 1.04. The van der Waals surface area contributed by atoms with Crippen LogP contribution in [0.3, 0.4) is 0 Å². The highest BCUT2D eigenvalue weighted by atomic mass is 15.2. The number of aryl methyl sites for hydroxylation is 1. The smallest absolute Gasteiger partial charge is 0.203 e. The average molecular weight is 236 g/mol. The molecule has 0 aliphatic carbocycles. The van der Waals surface area contributed by atoms with Gasteiger partial charge in [0, 0.05) is 31.5 Å². The largest absolute Gasteiger partial charge is 0.352 e. The van der Waals surface area contributed by atoms with Crippen LogP contribution in [0, 0.1) is 0 Å². The van der Waals surface area contributed by atoms with E-state index in [4.69, 9.17) is 0 Å². The molecule has 2 heterocycles. The fourth-order valence-electron chi connectivity index (χ4n) is 2.43. The molecule has 1 atom stereocenters. The summed E-state index contributed by atoms with van der Waals surface area (Å²) in [5.41, 5.74) is 0. The number of likely N-dealkylation sites (tertiary alicyclic amines) is 1. The zero-order chi connectivity index (χ0) is 12.1. The Kier molecular flexibility index (Phi) is 4.42. The minimum atomic E-state index is 0.552. The Bertz CT molecular complexity index is 334. The van der Waals surface area contributed by atoms with Crippen molar-refractivity contribution < 1.29 is 0 Å². The van der Waals surface area contributed by atoms with Crippen LogP contribution in [-0.2, 0) is 6.54 Å². The van der Waals surface area contributed by atoms with Crippen LogP contribution in [0.2, 0.25) is 0 Å². The van der Waals surface area contributed by atoms with Gasteiger partial charge in [0.15, 0.2) is 0 Å². The number of anilines is 1. The van der Waals surface area contributed by atoms with Crippen LogP contribution < -0.4 is 5.32 Å². The van der Waals surface area contributed by atoms with Gasteiger partial charge in [-0.15, -0.1) is 0 Å². The third-order valence-electron chi connectivity index (χ3n) is 3.43. The maximum atomic E-state index is 4.42. The number of nitrogens with zero attached hydrogens (tertiary/aromatic N) is 3. The van der Waals surface area contributed by atoms with Crippen LogP contribution in [0.4, 0.5) is 5.95 Å². The van der Waals surface area contributed by atoms with Crippen molar-refractivity contribution in [2.24, 2.45) is 0 Å². The first-order valence-electron chi connectivity index (χ1n) is 6.76. The third-order valence-corrected chi connectivity index (χ3v) is 3.43. The van der Waals surface area contributed by atoms with Crippen LogP contribution in [0.5, 0.6) is 0 Å². The molecule has 0 aromatic carbocycles. The molecular weight excluding hydrogens is 212 g/mol. The van der Waals surface area contributed by atoms with E-state index in [0.717, 1.165) is 19.0 Å². The minimum absolute atomic E-state index is 0.552. The van der Waals surface area contributed by atoms with E-state index in [-0.39, 0.29) is 0 Å². The second-order valence-corrected chi connectivity index (χ2v) is 5.04. The molecule has 17 heavy (non-hydrogen) atoms. The van der Waals surface area contributed by atoms with E-state index in [9.17, 15) is 0 Å². The molecule has 4 nitrogen and oxygen atoms in total. The molecule has 0 saturated carbocycles. The van der Waals surface area contributed by atoms with Crippen molar-refractivity contribution in [3.05, 3.63) is 12.4 Å². The van der Waals surface area contributed by atoms with Gasteiger partial charge in [0.2, 0.25) is 5.95 Å². The zero-order valence-corrected chi connectivity index (χ0v) is 11.0. The Balaban J connectivity index is 1.91. The van der Waals surface area contributed by atoms with Crippen molar-refractivity contribution >= 4 is 5.95 Å². The quantitative estimate of drug-likeness (QED) is 0.850. The molecule has 96 valence electrons. The first-order chi connectivity index (χ1) is 8.29. The predicted octanol–water partition coefficient (Wildman–Crippen LogP) is 2.19. The fourth-order valence-corrected chi connectivity index (χ4v) is 2.43. The number of aromatic nitrogens is 2. The molecule has 2 rings (SSSR count).